The maximum Gasteiger partial charge on any atom is 0.305 e. The van der Waals surface area contributed by atoms with Crippen molar-refractivity contribution in [3.63, 3.8) is 0 Å². The summed E-state index contributed by atoms with van der Waals surface area (Å²) in [6.07, 6.45) is 6.94. The van der Waals surface area contributed by atoms with Gasteiger partial charge >= 0.3 is 5.97 Å². The Bertz CT molecular complexity index is 1500. The largest absolute Gasteiger partial charge is 0.469 e. The van der Waals surface area contributed by atoms with E-state index < -0.39 is 5.82 Å². The van der Waals surface area contributed by atoms with E-state index in [0.717, 1.165) is 5.69 Å². The molecule has 10 heteroatoms. The first-order valence-electron chi connectivity index (χ1n) is 11.7. The number of ether oxygens (including phenoxy) is 1. The number of carbonyl (C=O) groups excluding carboxylic acids is 1. The zero-order valence-corrected chi connectivity index (χ0v) is 20.2. The topological polar surface area (TPSA) is 127 Å². The van der Waals surface area contributed by atoms with Crippen LogP contribution in [0.15, 0.2) is 83.1 Å². The minimum Gasteiger partial charge on any atom is -0.469 e. The lowest BCUT2D eigenvalue weighted by Gasteiger charge is -2.14. The molecule has 0 atom stereocenters. The Kier molecular flexibility index (Phi) is 8.22. The fraction of sp³-hybridized carbons (Fsp3) is 0.185. The first-order chi connectivity index (χ1) is 18.0. The van der Waals surface area contributed by atoms with Crippen LogP contribution < -0.4 is 10.9 Å². The molecule has 0 bridgehead atoms. The minimum absolute atomic E-state index is 0.265. The van der Waals surface area contributed by atoms with Crippen molar-refractivity contribution >= 4 is 28.3 Å². The van der Waals surface area contributed by atoms with E-state index in [2.05, 4.69) is 10.1 Å². The number of aryl methyl sites for hydroxylation is 1. The molecular weight excluding hydrogens is 475 g/mol. The number of benzene rings is 2. The van der Waals surface area contributed by atoms with Crippen molar-refractivity contribution in [1.29, 1.82) is 5.53 Å². The zero-order valence-electron chi connectivity index (χ0n) is 20.2. The van der Waals surface area contributed by atoms with E-state index in [-0.39, 0.29) is 17.9 Å². The smallest absolute Gasteiger partial charge is 0.305 e. The molecule has 2 aromatic carbocycles. The lowest BCUT2D eigenvalue weighted by Crippen LogP contribution is -2.71. The Morgan fingerprint density at radius 3 is 2.70 bits per heavy atom. The number of quaternary nitrogens is 1. The molecule has 0 aliphatic heterocycles. The lowest BCUT2D eigenvalue weighted by atomic mass is 10.1. The Balaban J connectivity index is 1.73. The van der Waals surface area contributed by atoms with Crippen molar-refractivity contribution in [3.05, 3.63) is 101 Å². The molecule has 0 saturated heterocycles. The SMILES string of the molecule is COC(=O)CCCCc1nc2cc(/C(=C/[NH2+]c3cccnc3)N=N)ccc2c(=O)n1-c1ccc(F)cc1. The maximum atomic E-state index is 13.6. The van der Waals surface area contributed by atoms with Gasteiger partial charge < -0.3 is 4.74 Å². The molecule has 188 valence electrons. The van der Waals surface area contributed by atoms with Gasteiger partial charge in [-0.25, -0.2) is 14.9 Å². The third-order valence-corrected chi connectivity index (χ3v) is 5.82. The summed E-state index contributed by atoms with van der Waals surface area (Å²) in [5, 5.41) is 5.84. The van der Waals surface area contributed by atoms with Crippen LogP contribution in [0.1, 0.15) is 30.7 Å². The number of fused-ring (bicyclic) bond motifs is 1. The first-order valence-corrected chi connectivity index (χ1v) is 11.7. The minimum atomic E-state index is -0.406. The number of nitrogens with one attached hydrogen (secondary N) is 1. The van der Waals surface area contributed by atoms with Crippen LogP contribution in [-0.4, -0.2) is 27.6 Å². The quantitative estimate of drug-likeness (QED) is 0.193. The number of unbranched alkanes of at least 4 members (excludes halogenated alkanes) is 1. The molecule has 0 amide bonds. The van der Waals surface area contributed by atoms with Gasteiger partial charge in [0.15, 0.2) is 5.69 Å². The number of aromatic nitrogens is 3. The summed E-state index contributed by atoms with van der Waals surface area (Å²) >= 11 is 0. The third kappa shape index (κ3) is 6.17. The fourth-order valence-corrected chi connectivity index (χ4v) is 3.92. The number of nitrogens with zero attached hydrogens (tertiary/aromatic N) is 4. The lowest BCUT2D eigenvalue weighted by molar-refractivity contribution is -0.495. The van der Waals surface area contributed by atoms with E-state index in [4.69, 9.17) is 15.3 Å². The number of halogens is 1. The molecule has 0 spiro atoms. The van der Waals surface area contributed by atoms with Gasteiger partial charge in [0, 0.05) is 30.7 Å². The van der Waals surface area contributed by atoms with E-state index in [0.29, 0.717) is 52.9 Å². The van der Waals surface area contributed by atoms with Gasteiger partial charge in [0.1, 0.15) is 23.5 Å². The maximum absolute atomic E-state index is 13.6. The molecule has 0 fully saturated rings. The van der Waals surface area contributed by atoms with E-state index in [1.807, 2.05) is 12.1 Å². The normalized spacial score (nSPS) is 11.5. The third-order valence-electron chi connectivity index (χ3n) is 5.82. The molecule has 4 rings (SSSR count). The van der Waals surface area contributed by atoms with Crippen LogP contribution in [0.3, 0.4) is 0 Å². The number of esters is 1. The summed E-state index contributed by atoms with van der Waals surface area (Å²) in [7, 11) is 1.34. The van der Waals surface area contributed by atoms with Gasteiger partial charge in [0.2, 0.25) is 0 Å². The summed E-state index contributed by atoms with van der Waals surface area (Å²) in [4.78, 5) is 33.9. The number of hydrogen-bond donors (Lipinski definition) is 2. The van der Waals surface area contributed by atoms with Crippen molar-refractivity contribution in [3.8, 4) is 5.69 Å². The van der Waals surface area contributed by atoms with Crippen molar-refractivity contribution in [2.24, 2.45) is 5.11 Å². The van der Waals surface area contributed by atoms with Crippen LogP contribution >= 0.6 is 0 Å². The van der Waals surface area contributed by atoms with E-state index >= 15 is 0 Å². The summed E-state index contributed by atoms with van der Waals surface area (Å²) in [6.45, 7) is 0. The highest BCUT2D eigenvalue weighted by Crippen LogP contribution is 2.21. The van der Waals surface area contributed by atoms with Gasteiger partial charge in [-0.1, -0.05) is 6.07 Å². The van der Waals surface area contributed by atoms with Gasteiger partial charge in [0.25, 0.3) is 5.56 Å². The number of nitrogens with two attached hydrogens (primary N) is 1. The highest BCUT2D eigenvalue weighted by atomic mass is 19.1. The summed E-state index contributed by atoms with van der Waals surface area (Å²) in [5.74, 6) is -0.216. The predicted molar refractivity (Wildman–Crippen MR) is 136 cm³/mol. The monoisotopic (exact) mass is 501 g/mol. The Morgan fingerprint density at radius 2 is 2.00 bits per heavy atom. The van der Waals surface area contributed by atoms with Crippen molar-refractivity contribution in [2.45, 2.75) is 25.7 Å². The van der Waals surface area contributed by atoms with Gasteiger partial charge in [0.05, 0.1) is 29.9 Å². The standard InChI is InChI=1S/C27H25FN6O3/c1-37-26(35)7-3-2-6-25-32-23-15-18(24(33-29)17-31-20-5-4-14-30-16-20)8-13-22(23)27(36)34(25)21-11-9-19(28)10-12-21/h4-5,8-17,29,31H,2-3,6-7H2,1H3/p+1/b24-17-,33-29?. The highest BCUT2D eigenvalue weighted by molar-refractivity contribution is 5.82. The Labute approximate surface area is 212 Å². The van der Waals surface area contributed by atoms with Gasteiger partial charge in [-0.05, 0) is 55.3 Å². The number of rotatable bonds is 10. The molecule has 2 heterocycles. The number of methoxy groups -OCH3 is 1. The summed E-state index contributed by atoms with van der Waals surface area (Å²) < 4.78 is 19.7. The number of carbonyl (C=O) groups is 1. The average molecular weight is 502 g/mol. The van der Waals surface area contributed by atoms with Crippen LogP contribution in [0.25, 0.3) is 22.3 Å². The summed E-state index contributed by atoms with van der Waals surface area (Å²) in [5.41, 5.74) is 10.2. The van der Waals surface area contributed by atoms with Crippen LogP contribution in [0, 0.1) is 11.3 Å². The molecule has 0 radical (unpaired) electrons. The van der Waals surface area contributed by atoms with Gasteiger partial charge in [-0.15, -0.1) is 0 Å². The average Bonchev–Trinajstić information content (AvgIpc) is 2.92. The van der Waals surface area contributed by atoms with Crippen LogP contribution in [-0.2, 0) is 16.0 Å². The molecule has 0 unspecified atom stereocenters. The fourth-order valence-electron chi connectivity index (χ4n) is 3.92. The van der Waals surface area contributed by atoms with E-state index in [1.165, 1.54) is 35.9 Å². The molecule has 3 N–H and O–H groups in total. The highest BCUT2D eigenvalue weighted by Gasteiger charge is 2.15. The van der Waals surface area contributed by atoms with Gasteiger partial charge in [-0.3, -0.25) is 24.5 Å². The number of pyridine rings is 1. The van der Waals surface area contributed by atoms with Crippen LogP contribution in [0.5, 0.6) is 0 Å². The van der Waals surface area contributed by atoms with Crippen molar-refractivity contribution in [2.75, 3.05) is 7.11 Å². The Morgan fingerprint density at radius 1 is 1.19 bits per heavy atom. The molecule has 0 aliphatic rings. The number of hydrogen-bond acceptors (Lipinski definition) is 7. The second kappa shape index (κ2) is 11.9. The van der Waals surface area contributed by atoms with Crippen molar-refractivity contribution < 1.29 is 19.2 Å². The van der Waals surface area contributed by atoms with Crippen LogP contribution in [0.4, 0.5) is 10.1 Å². The molecule has 0 aliphatic carbocycles. The first kappa shape index (κ1) is 25.5. The van der Waals surface area contributed by atoms with Crippen LogP contribution in [0.2, 0.25) is 0 Å². The predicted octanol–water partition coefficient (Wildman–Crippen LogP) is 4.03. The molecule has 37 heavy (non-hydrogen) atoms. The molecule has 9 nitrogen and oxygen atoms in total. The second-order valence-corrected chi connectivity index (χ2v) is 8.28. The summed E-state index contributed by atoms with van der Waals surface area (Å²) in [6, 6.07) is 14.5. The molecule has 2 aromatic heterocycles. The molecular formula is C27H26FN6O3+. The zero-order chi connectivity index (χ0) is 26.2. The van der Waals surface area contributed by atoms with E-state index in [9.17, 15) is 14.0 Å². The van der Waals surface area contributed by atoms with E-state index in [1.54, 1.807) is 42.1 Å². The molecule has 0 saturated carbocycles. The second-order valence-electron chi connectivity index (χ2n) is 8.28. The Hall–Kier alpha value is -4.57. The van der Waals surface area contributed by atoms with Gasteiger partial charge in [-0.2, -0.15) is 5.11 Å². The van der Waals surface area contributed by atoms with Crippen molar-refractivity contribution in [1.82, 2.24) is 14.5 Å². The molecule has 4 aromatic rings.